The molecule has 0 aliphatic heterocycles. The maximum absolute atomic E-state index is 11.1. The smallest absolute Gasteiger partial charge is 0.306 e. The molecule has 0 unspecified atom stereocenters. The molecular formula is C14H27NO4. The van der Waals surface area contributed by atoms with Crippen LogP contribution in [0.4, 0.5) is 0 Å². The molecule has 0 aliphatic carbocycles. The van der Waals surface area contributed by atoms with Gasteiger partial charge < -0.3 is 14.4 Å². The Morgan fingerprint density at radius 1 is 0.842 bits per heavy atom. The monoisotopic (exact) mass is 273 g/mol. The van der Waals surface area contributed by atoms with E-state index in [4.69, 9.17) is 0 Å². The number of nitrogens with zero attached hydrogens (tertiary/aromatic N) is 1. The van der Waals surface area contributed by atoms with Crippen LogP contribution < -0.4 is 0 Å². The molecule has 0 bridgehead atoms. The highest BCUT2D eigenvalue weighted by atomic mass is 16.5. The topological polar surface area (TPSA) is 55.8 Å². The van der Waals surface area contributed by atoms with Crippen molar-refractivity contribution in [2.45, 2.75) is 45.4 Å². The third-order valence-corrected chi connectivity index (χ3v) is 3.05. The van der Waals surface area contributed by atoms with Crippen LogP contribution in [0.2, 0.25) is 0 Å². The van der Waals surface area contributed by atoms with Gasteiger partial charge in [-0.2, -0.15) is 0 Å². The Morgan fingerprint density at radius 2 is 1.37 bits per heavy atom. The quantitative estimate of drug-likeness (QED) is 0.426. The molecule has 5 nitrogen and oxygen atoms in total. The first-order valence-corrected chi connectivity index (χ1v) is 7.00. The van der Waals surface area contributed by atoms with Gasteiger partial charge >= 0.3 is 11.9 Å². The van der Waals surface area contributed by atoms with Crippen molar-refractivity contribution in [3.05, 3.63) is 0 Å². The average Bonchev–Trinajstić information content (AvgIpc) is 2.44. The van der Waals surface area contributed by atoms with Crippen molar-refractivity contribution >= 4 is 11.9 Å². The summed E-state index contributed by atoms with van der Waals surface area (Å²) in [6, 6.07) is 0. The Kier molecular flexibility index (Phi) is 11.3. The number of hydrogen-bond donors (Lipinski definition) is 0. The molecule has 0 N–H and O–H groups in total. The molecule has 0 aromatic rings. The van der Waals surface area contributed by atoms with E-state index in [9.17, 15) is 9.59 Å². The van der Waals surface area contributed by atoms with Crippen LogP contribution in [-0.4, -0.2) is 50.7 Å². The van der Waals surface area contributed by atoms with E-state index in [1.807, 2.05) is 0 Å². The molecule has 0 saturated carbocycles. The lowest BCUT2D eigenvalue weighted by Crippen LogP contribution is -2.30. The predicted molar refractivity (Wildman–Crippen MR) is 73.8 cm³/mol. The molecule has 0 amide bonds. The van der Waals surface area contributed by atoms with Crippen molar-refractivity contribution in [2.24, 2.45) is 0 Å². The standard InChI is InChI=1S/C14H27NO4/c1-4-5-6-7-10-15(11-8-13(16)18-2)12-9-14(17)19-3/h4-12H2,1-3H3. The zero-order chi connectivity index (χ0) is 14.5. The van der Waals surface area contributed by atoms with Gasteiger partial charge in [0, 0.05) is 13.1 Å². The zero-order valence-electron chi connectivity index (χ0n) is 12.4. The molecule has 0 aromatic carbocycles. The molecule has 0 heterocycles. The van der Waals surface area contributed by atoms with Crippen LogP contribution in [-0.2, 0) is 19.1 Å². The van der Waals surface area contributed by atoms with Gasteiger partial charge in [0.05, 0.1) is 27.1 Å². The number of esters is 2. The Hall–Kier alpha value is -1.10. The fraction of sp³-hybridized carbons (Fsp3) is 0.857. The van der Waals surface area contributed by atoms with Crippen LogP contribution in [0.5, 0.6) is 0 Å². The van der Waals surface area contributed by atoms with Crippen molar-refractivity contribution in [1.29, 1.82) is 0 Å². The van der Waals surface area contributed by atoms with E-state index < -0.39 is 0 Å². The summed E-state index contributed by atoms with van der Waals surface area (Å²) in [5, 5.41) is 0. The molecule has 0 spiro atoms. The second-order valence-electron chi connectivity index (χ2n) is 4.55. The maximum atomic E-state index is 11.1. The molecule has 0 atom stereocenters. The van der Waals surface area contributed by atoms with Crippen molar-refractivity contribution in [2.75, 3.05) is 33.9 Å². The van der Waals surface area contributed by atoms with E-state index in [1.54, 1.807) is 0 Å². The van der Waals surface area contributed by atoms with Gasteiger partial charge in [-0.25, -0.2) is 0 Å². The van der Waals surface area contributed by atoms with Gasteiger partial charge in [-0.1, -0.05) is 26.2 Å². The Morgan fingerprint density at radius 3 is 1.79 bits per heavy atom. The van der Waals surface area contributed by atoms with Gasteiger partial charge in [0.25, 0.3) is 0 Å². The molecule has 0 radical (unpaired) electrons. The first-order chi connectivity index (χ1) is 9.13. The van der Waals surface area contributed by atoms with E-state index in [-0.39, 0.29) is 11.9 Å². The number of carbonyl (C=O) groups excluding carboxylic acids is 2. The Labute approximate surface area is 116 Å². The summed E-state index contributed by atoms with van der Waals surface area (Å²) in [6.07, 6.45) is 5.43. The lowest BCUT2D eigenvalue weighted by molar-refractivity contribution is -0.141. The van der Waals surface area contributed by atoms with Crippen LogP contribution in [0.25, 0.3) is 0 Å². The third-order valence-electron chi connectivity index (χ3n) is 3.05. The summed E-state index contributed by atoms with van der Waals surface area (Å²) in [6.45, 7) is 4.35. The van der Waals surface area contributed by atoms with Crippen LogP contribution in [0.3, 0.4) is 0 Å². The van der Waals surface area contributed by atoms with Gasteiger partial charge in [-0.3, -0.25) is 9.59 Å². The fourth-order valence-electron chi connectivity index (χ4n) is 1.80. The van der Waals surface area contributed by atoms with Crippen LogP contribution in [0.15, 0.2) is 0 Å². The summed E-state index contributed by atoms with van der Waals surface area (Å²) >= 11 is 0. The van der Waals surface area contributed by atoms with Gasteiger partial charge in [0.2, 0.25) is 0 Å². The van der Waals surface area contributed by atoms with Crippen LogP contribution >= 0.6 is 0 Å². The number of ether oxygens (including phenoxy) is 2. The van der Waals surface area contributed by atoms with Gasteiger partial charge in [0.15, 0.2) is 0 Å². The van der Waals surface area contributed by atoms with E-state index in [0.717, 1.165) is 13.0 Å². The summed E-state index contributed by atoms with van der Waals surface area (Å²) in [5.41, 5.74) is 0. The number of methoxy groups -OCH3 is 2. The Bertz CT molecular complexity index is 236. The highest BCUT2D eigenvalue weighted by Gasteiger charge is 2.10. The second-order valence-corrected chi connectivity index (χ2v) is 4.55. The van der Waals surface area contributed by atoms with E-state index in [0.29, 0.717) is 25.9 Å². The summed E-state index contributed by atoms with van der Waals surface area (Å²) < 4.78 is 9.27. The summed E-state index contributed by atoms with van der Waals surface area (Å²) in [4.78, 5) is 24.4. The molecule has 0 rings (SSSR count). The van der Waals surface area contributed by atoms with Gasteiger partial charge in [-0.05, 0) is 13.0 Å². The van der Waals surface area contributed by atoms with Crippen LogP contribution in [0.1, 0.15) is 45.4 Å². The van der Waals surface area contributed by atoms with Crippen LogP contribution in [0, 0.1) is 0 Å². The minimum absolute atomic E-state index is 0.211. The van der Waals surface area contributed by atoms with Gasteiger partial charge in [0.1, 0.15) is 0 Å². The van der Waals surface area contributed by atoms with Crippen molar-refractivity contribution < 1.29 is 19.1 Å². The second kappa shape index (κ2) is 12.0. The SMILES string of the molecule is CCCCCCN(CCC(=O)OC)CCC(=O)OC. The van der Waals surface area contributed by atoms with Gasteiger partial charge in [-0.15, -0.1) is 0 Å². The molecule has 19 heavy (non-hydrogen) atoms. The molecule has 0 aliphatic rings. The summed E-state index contributed by atoms with van der Waals surface area (Å²) in [5.74, 6) is -0.423. The highest BCUT2D eigenvalue weighted by molar-refractivity contribution is 5.70. The van der Waals surface area contributed by atoms with E-state index in [2.05, 4.69) is 21.3 Å². The number of hydrogen-bond acceptors (Lipinski definition) is 5. The minimum atomic E-state index is -0.211. The van der Waals surface area contributed by atoms with E-state index in [1.165, 1.54) is 33.5 Å². The average molecular weight is 273 g/mol. The molecule has 0 fully saturated rings. The van der Waals surface area contributed by atoms with E-state index >= 15 is 0 Å². The Balaban J connectivity index is 3.98. The molecule has 5 heteroatoms. The third kappa shape index (κ3) is 10.5. The molecule has 112 valence electrons. The maximum Gasteiger partial charge on any atom is 0.306 e. The number of unbranched alkanes of at least 4 members (excludes halogenated alkanes) is 3. The van der Waals surface area contributed by atoms with Crippen molar-refractivity contribution in [1.82, 2.24) is 4.90 Å². The largest absolute Gasteiger partial charge is 0.469 e. The predicted octanol–water partition coefficient (Wildman–Crippen LogP) is 1.99. The normalized spacial score (nSPS) is 10.5. The number of rotatable bonds is 11. The molecular weight excluding hydrogens is 246 g/mol. The lowest BCUT2D eigenvalue weighted by atomic mass is 10.2. The fourth-order valence-corrected chi connectivity index (χ4v) is 1.80. The molecule has 0 aromatic heterocycles. The zero-order valence-corrected chi connectivity index (χ0v) is 12.4. The van der Waals surface area contributed by atoms with Crippen molar-refractivity contribution in [3.8, 4) is 0 Å². The first-order valence-electron chi connectivity index (χ1n) is 7.00. The first kappa shape index (κ1) is 17.9. The lowest BCUT2D eigenvalue weighted by Gasteiger charge is -2.21. The molecule has 0 saturated heterocycles. The van der Waals surface area contributed by atoms with Crippen molar-refractivity contribution in [3.63, 3.8) is 0 Å². The minimum Gasteiger partial charge on any atom is -0.469 e. The highest BCUT2D eigenvalue weighted by Crippen LogP contribution is 2.04. The summed E-state index contributed by atoms with van der Waals surface area (Å²) in [7, 11) is 2.78. The number of carbonyl (C=O) groups is 2.